The number of nitrogens with one attached hydrogen (secondary N) is 2. The fourth-order valence-corrected chi connectivity index (χ4v) is 2.98. The third-order valence-electron chi connectivity index (χ3n) is 3.48. The molecule has 0 unspecified atom stereocenters. The second kappa shape index (κ2) is 6.18. The van der Waals surface area contributed by atoms with Crippen LogP contribution >= 0.6 is 11.3 Å². The van der Waals surface area contributed by atoms with Crippen molar-refractivity contribution in [3.8, 4) is 5.75 Å². The minimum atomic E-state index is -0.273. The number of thiophene rings is 1. The Labute approximate surface area is 128 Å². The van der Waals surface area contributed by atoms with E-state index >= 15 is 0 Å². The maximum atomic E-state index is 12.1. The van der Waals surface area contributed by atoms with Crippen LogP contribution in [0.25, 0.3) is 0 Å². The maximum Gasteiger partial charge on any atom is 0.242 e. The van der Waals surface area contributed by atoms with Crippen LogP contribution in [0.15, 0.2) is 35.7 Å². The van der Waals surface area contributed by atoms with E-state index in [4.69, 9.17) is 4.74 Å². The topological polar surface area (TPSA) is 50.4 Å². The summed E-state index contributed by atoms with van der Waals surface area (Å²) in [6.45, 7) is 3.20. The molecule has 3 rings (SSSR count). The molecule has 110 valence electrons. The molecule has 1 atom stereocenters. The number of carbonyl (C=O) groups is 1. The quantitative estimate of drug-likeness (QED) is 0.893. The molecule has 4 nitrogen and oxygen atoms in total. The molecule has 2 N–H and O–H groups in total. The van der Waals surface area contributed by atoms with Crippen LogP contribution in [0.1, 0.15) is 17.4 Å². The number of anilines is 1. The number of amides is 1. The molecule has 1 aliphatic heterocycles. The average Bonchev–Trinajstić information content (AvgIpc) is 3.15. The molecule has 1 aromatic carbocycles. The Morgan fingerprint density at radius 1 is 1.43 bits per heavy atom. The molecule has 1 amide bonds. The first-order chi connectivity index (χ1) is 10.2. The van der Waals surface area contributed by atoms with Gasteiger partial charge in [-0.3, -0.25) is 4.79 Å². The van der Waals surface area contributed by atoms with Crippen LogP contribution in [0.5, 0.6) is 5.75 Å². The van der Waals surface area contributed by atoms with E-state index < -0.39 is 0 Å². The number of benzene rings is 1. The molecule has 0 bridgehead atoms. The number of fused-ring (bicyclic) bond motifs is 1. The van der Waals surface area contributed by atoms with Gasteiger partial charge in [0, 0.05) is 17.0 Å². The Bertz CT molecular complexity index is 625. The first-order valence-electron chi connectivity index (χ1n) is 7.05. The van der Waals surface area contributed by atoms with Crippen molar-refractivity contribution < 1.29 is 9.53 Å². The van der Waals surface area contributed by atoms with Crippen LogP contribution < -0.4 is 15.4 Å². The van der Waals surface area contributed by atoms with Crippen molar-refractivity contribution in [3.05, 3.63) is 46.2 Å². The van der Waals surface area contributed by atoms with Crippen LogP contribution in [-0.2, 0) is 17.8 Å². The highest BCUT2D eigenvalue weighted by Crippen LogP contribution is 2.28. The SMILES string of the molecule is C[C@H](Nc1ccc2c(c1)CCO2)C(=O)NCc1cccs1. The Morgan fingerprint density at radius 2 is 2.33 bits per heavy atom. The van der Waals surface area contributed by atoms with Crippen LogP contribution in [-0.4, -0.2) is 18.6 Å². The zero-order valence-electron chi connectivity index (χ0n) is 11.9. The molecule has 0 saturated heterocycles. The molecule has 0 radical (unpaired) electrons. The fourth-order valence-electron chi connectivity index (χ4n) is 2.33. The first kappa shape index (κ1) is 13.9. The van der Waals surface area contributed by atoms with Crippen molar-refractivity contribution in [1.29, 1.82) is 0 Å². The summed E-state index contributed by atoms with van der Waals surface area (Å²) in [6, 6.07) is 9.70. The summed E-state index contributed by atoms with van der Waals surface area (Å²) in [5.74, 6) is 0.954. The molecule has 1 aliphatic rings. The number of rotatable bonds is 5. The van der Waals surface area contributed by atoms with E-state index in [2.05, 4.69) is 16.7 Å². The highest BCUT2D eigenvalue weighted by Gasteiger charge is 2.15. The van der Waals surface area contributed by atoms with Gasteiger partial charge in [-0.25, -0.2) is 0 Å². The molecule has 0 saturated carbocycles. The largest absolute Gasteiger partial charge is 0.493 e. The second-order valence-corrected chi connectivity index (χ2v) is 6.12. The minimum Gasteiger partial charge on any atom is -0.493 e. The van der Waals surface area contributed by atoms with Gasteiger partial charge in [0.1, 0.15) is 11.8 Å². The van der Waals surface area contributed by atoms with Crippen molar-refractivity contribution in [1.82, 2.24) is 5.32 Å². The molecule has 21 heavy (non-hydrogen) atoms. The molecular weight excluding hydrogens is 284 g/mol. The van der Waals surface area contributed by atoms with Gasteiger partial charge in [0.2, 0.25) is 5.91 Å². The summed E-state index contributed by atoms with van der Waals surface area (Å²) in [4.78, 5) is 13.2. The summed E-state index contributed by atoms with van der Waals surface area (Å²) >= 11 is 1.65. The van der Waals surface area contributed by atoms with Gasteiger partial charge >= 0.3 is 0 Å². The zero-order valence-corrected chi connectivity index (χ0v) is 12.7. The Hall–Kier alpha value is -2.01. The van der Waals surface area contributed by atoms with Gasteiger partial charge in [-0.1, -0.05) is 6.07 Å². The van der Waals surface area contributed by atoms with E-state index in [1.54, 1.807) is 11.3 Å². The first-order valence-corrected chi connectivity index (χ1v) is 7.93. The molecule has 0 spiro atoms. The van der Waals surface area contributed by atoms with Gasteiger partial charge in [0.15, 0.2) is 0 Å². The van der Waals surface area contributed by atoms with Crippen molar-refractivity contribution in [2.75, 3.05) is 11.9 Å². The highest BCUT2D eigenvalue weighted by molar-refractivity contribution is 7.09. The lowest BCUT2D eigenvalue weighted by molar-refractivity contribution is -0.121. The highest BCUT2D eigenvalue weighted by atomic mass is 32.1. The average molecular weight is 302 g/mol. The lowest BCUT2D eigenvalue weighted by Gasteiger charge is -2.15. The van der Waals surface area contributed by atoms with Crippen LogP contribution in [0.2, 0.25) is 0 Å². The molecule has 1 aromatic heterocycles. The lowest BCUT2D eigenvalue weighted by Crippen LogP contribution is -2.37. The number of ether oxygens (including phenoxy) is 1. The molecule has 2 heterocycles. The van der Waals surface area contributed by atoms with E-state index in [0.29, 0.717) is 6.54 Å². The maximum absolute atomic E-state index is 12.1. The molecule has 0 aliphatic carbocycles. The fraction of sp³-hybridized carbons (Fsp3) is 0.312. The summed E-state index contributed by atoms with van der Waals surface area (Å²) in [5, 5.41) is 8.19. The molecule has 2 aromatic rings. The summed E-state index contributed by atoms with van der Waals surface area (Å²) in [6.07, 6.45) is 0.934. The van der Waals surface area contributed by atoms with Crippen molar-refractivity contribution >= 4 is 22.9 Å². The second-order valence-electron chi connectivity index (χ2n) is 5.08. The minimum absolute atomic E-state index is 0.000137. The molecule has 5 heteroatoms. The van der Waals surface area contributed by atoms with E-state index in [-0.39, 0.29) is 11.9 Å². The van der Waals surface area contributed by atoms with E-state index in [9.17, 15) is 4.79 Å². The van der Waals surface area contributed by atoms with Crippen LogP contribution in [0.4, 0.5) is 5.69 Å². The monoisotopic (exact) mass is 302 g/mol. The van der Waals surface area contributed by atoms with E-state index in [1.165, 1.54) is 5.56 Å². The van der Waals surface area contributed by atoms with Gasteiger partial charge in [0.05, 0.1) is 13.2 Å². The Balaban J connectivity index is 1.55. The van der Waals surface area contributed by atoms with Gasteiger partial charge < -0.3 is 15.4 Å². The predicted molar refractivity (Wildman–Crippen MR) is 84.9 cm³/mol. The van der Waals surface area contributed by atoms with Crippen molar-refractivity contribution in [3.63, 3.8) is 0 Å². The third-order valence-corrected chi connectivity index (χ3v) is 4.36. The summed E-state index contributed by atoms with van der Waals surface area (Å²) in [7, 11) is 0. The van der Waals surface area contributed by atoms with Gasteiger partial charge in [-0.15, -0.1) is 11.3 Å². The summed E-state index contributed by atoms with van der Waals surface area (Å²) < 4.78 is 5.48. The smallest absolute Gasteiger partial charge is 0.242 e. The van der Waals surface area contributed by atoms with Gasteiger partial charge in [0.25, 0.3) is 0 Å². The Morgan fingerprint density at radius 3 is 3.14 bits per heavy atom. The van der Waals surface area contributed by atoms with Gasteiger partial charge in [-0.2, -0.15) is 0 Å². The van der Waals surface area contributed by atoms with E-state index in [1.807, 2.05) is 36.6 Å². The number of hydrogen-bond acceptors (Lipinski definition) is 4. The standard InChI is InChI=1S/C16H18N2O2S/c1-11(16(19)17-10-14-3-2-8-21-14)18-13-4-5-15-12(9-13)6-7-20-15/h2-5,8-9,11,18H,6-7,10H2,1H3,(H,17,19)/t11-/m0/s1. The zero-order chi connectivity index (χ0) is 14.7. The lowest BCUT2D eigenvalue weighted by atomic mass is 10.1. The van der Waals surface area contributed by atoms with Crippen LogP contribution in [0.3, 0.4) is 0 Å². The number of carbonyl (C=O) groups excluding carboxylic acids is 1. The molecule has 0 fully saturated rings. The van der Waals surface area contributed by atoms with E-state index in [0.717, 1.165) is 29.3 Å². The summed E-state index contributed by atoms with van der Waals surface area (Å²) in [5.41, 5.74) is 2.16. The normalized spacial score (nSPS) is 14.1. The van der Waals surface area contributed by atoms with Crippen molar-refractivity contribution in [2.45, 2.75) is 25.9 Å². The Kier molecular flexibility index (Phi) is 4.10. The van der Waals surface area contributed by atoms with Gasteiger partial charge in [-0.05, 0) is 42.1 Å². The van der Waals surface area contributed by atoms with Crippen molar-refractivity contribution in [2.24, 2.45) is 0 Å². The molecular formula is C16H18N2O2S. The third kappa shape index (κ3) is 3.36. The predicted octanol–water partition coefficient (Wildman–Crippen LogP) is 2.80. The number of hydrogen-bond donors (Lipinski definition) is 2. The van der Waals surface area contributed by atoms with Crippen LogP contribution in [0, 0.1) is 0 Å².